The number of anilines is 2. The first-order valence-corrected chi connectivity index (χ1v) is 9.80. The molecule has 1 saturated heterocycles. The number of rotatable bonds is 5. The van der Waals surface area contributed by atoms with Gasteiger partial charge in [0.15, 0.2) is 11.6 Å². The van der Waals surface area contributed by atoms with Gasteiger partial charge >= 0.3 is 0 Å². The largest absolute Gasteiger partial charge is 0.381 e. The Morgan fingerprint density at radius 2 is 1.59 bits per heavy atom. The lowest BCUT2D eigenvalue weighted by Crippen LogP contribution is -2.28. The third kappa shape index (κ3) is 4.81. The molecular formula is C18H18F2N2O4S. The zero-order valence-corrected chi connectivity index (χ0v) is 15.1. The summed E-state index contributed by atoms with van der Waals surface area (Å²) in [4.78, 5) is 11.8. The van der Waals surface area contributed by atoms with Crippen LogP contribution < -0.4 is 10.0 Å². The summed E-state index contributed by atoms with van der Waals surface area (Å²) in [5.74, 6) is -2.58. The van der Waals surface area contributed by atoms with Crippen LogP contribution in [0, 0.1) is 17.6 Å². The van der Waals surface area contributed by atoms with Gasteiger partial charge in [0.1, 0.15) is 0 Å². The maximum atomic E-state index is 13.3. The number of benzene rings is 2. The Kier molecular flexibility index (Phi) is 5.71. The average molecular weight is 396 g/mol. The third-order valence-corrected chi connectivity index (χ3v) is 5.58. The Morgan fingerprint density at radius 1 is 0.963 bits per heavy atom. The number of carbonyl (C=O) groups excluding carboxylic acids is 1. The fourth-order valence-electron chi connectivity index (χ4n) is 2.68. The van der Waals surface area contributed by atoms with Crippen molar-refractivity contribution in [2.24, 2.45) is 5.92 Å². The highest BCUT2D eigenvalue weighted by atomic mass is 32.2. The topological polar surface area (TPSA) is 84.5 Å². The van der Waals surface area contributed by atoms with E-state index in [2.05, 4.69) is 10.0 Å². The fraction of sp³-hybridized carbons (Fsp3) is 0.278. The van der Waals surface area contributed by atoms with Gasteiger partial charge in [0.05, 0.1) is 4.90 Å². The van der Waals surface area contributed by atoms with Crippen LogP contribution in [0.3, 0.4) is 0 Å². The summed E-state index contributed by atoms with van der Waals surface area (Å²) in [5.41, 5.74) is 0.756. The number of halogens is 2. The van der Waals surface area contributed by atoms with Crippen LogP contribution in [-0.2, 0) is 19.6 Å². The molecule has 0 unspecified atom stereocenters. The second-order valence-electron chi connectivity index (χ2n) is 6.13. The summed E-state index contributed by atoms with van der Waals surface area (Å²) < 4.78 is 58.2. The van der Waals surface area contributed by atoms with Crippen molar-refractivity contribution in [2.75, 3.05) is 23.3 Å². The number of hydrogen-bond donors (Lipinski definition) is 2. The van der Waals surface area contributed by atoms with Crippen LogP contribution in [0.25, 0.3) is 0 Å². The van der Waals surface area contributed by atoms with Crippen molar-refractivity contribution in [1.29, 1.82) is 0 Å². The van der Waals surface area contributed by atoms with Crippen LogP contribution in [0.4, 0.5) is 20.2 Å². The van der Waals surface area contributed by atoms with Crippen molar-refractivity contribution in [1.82, 2.24) is 0 Å². The van der Waals surface area contributed by atoms with Gasteiger partial charge in [-0.3, -0.25) is 9.52 Å². The van der Waals surface area contributed by atoms with Crippen LogP contribution in [0.2, 0.25) is 0 Å². The van der Waals surface area contributed by atoms with Gasteiger partial charge in [-0.15, -0.1) is 0 Å². The number of amides is 1. The van der Waals surface area contributed by atoms with Gasteiger partial charge < -0.3 is 10.1 Å². The quantitative estimate of drug-likeness (QED) is 0.813. The van der Waals surface area contributed by atoms with Gasteiger partial charge in [-0.25, -0.2) is 17.2 Å². The van der Waals surface area contributed by atoms with Crippen molar-refractivity contribution in [3.63, 3.8) is 0 Å². The molecule has 0 aromatic heterocycles. The van der Waals surface area contributed by atoms with E-state index in [1.165, 1.54) is 12.1 Å². The zero-order valence-electron chi connectivity index (χ0n) is 14.2. The normalized spacial score (nSPS) is 15.3. The monoisotopic (exact) mass is 396 g/mol. The van der Waals surface area contributed by atoms with E-state index in [9.17, 15) is 22.0 Å². The predicted octanol–water partition coefficient (Wildman–Crippen LogP) is 3.13. The first kappa shape index (κ1) is 19.2. The lowest BCUT2D eigenvalue weighted by molar-refractivity contribution is -0.122. The molecule has 1 aliphatic rings. The van der Waals surface area contributed by atoms with Gasteiger partial charge in [0.2, 0.25) is 5.91 Å². The molecule has 0 radical (unpaired) electrons. The summed E-state index contributed by atoms with van der Waals surface area (Å²) in [6.45, 7) is 1.12. The molecule has 1 amide bonds. The molecule has 0 atom stereocenters. The van der Waals surface area contributed by atoms with Gasteiger partial charge in [-0.05, 0) is 55.3 Å². The molecule has 3 rings (SSSR count). The molecule has 27 heavy (non-hydrogen) atoms. The Hall–Kier alpha value is -2.52. The summed E-state index contributed by atoms with van der Waals surface area (Å²) in [7, 11) is -4.06. The second-order valence-corrected chi connectivity index (χ2v) is 7.82. The Morgan fingerprint density at radius 3 is 2.22 bits per heavy atom. The van der Waals surface area contributed by atoms with E-state index in [0.717, 1.165) is 12.1 Å². The van der Waals surface area contributed by atoms with Crippen LogP contribution >= 0.6 is 0 Å². The van der Waals surface area contributed by atoms with E-state index in [1.807, 2.05) is 0 Å². The molecule has 2 N–H and O–H groups in total. The average Bonchev–Trinajstić information content (AvgIpc) is 2.66. The van der Waals surface area contributed by atoms with Gasteiger partial charge in [-0.1, -0.05) is 0 Å². The van der Waals surface area contributed by atoms with E-state index in [-0.39, 0.29) is 17.5 Å². The van der Waals surface area contributed by atoms with Crippen LogP contribution in [0.5, 0.6) is 0 Å². The summed E-state index contributed by atoms with van der Waals surface area (Å²) in [6, 6.07) is 8.39. The zero-order chi connectivity index (χ0) is 19.4. The number of hydrogen-bond acceptors (Lipinski definition) is 4. The highest BCUT2D eigenvalue weighted by Gasteiger charge is 2.21. The van der Waals surface area contributed by atoms with Crippen molar-refractivity contribution >= 4 is 27.3 Å². The molecule has 0 aliphatic carbocycles. The Bertz CT molecular complexity index is 927. The van der Waals surface area contributed by atoms with Crippen LogP contribution in [0.1, 0.15) is 12.8 Å². The fourth-order valence-corrected chi connectivity index (χ4v) is 3.75. The molecule has 6 nitrogen and oxygen atoms in total. The molecule has 0 spiro atoms. The maximum Gasteiger partial charge on any atom is 0.261 e. The van der Waals surface area contributed by atoms with Gasteiger partial charge in [0.25, 0.3) is 10.0 Å². The maximum absolute atomic E-state index is 13.3. The van der Waals surface area contributed by atoms with Crippen molar-refractivity contribution < 1.29 is 26.7 Å². The molecule has 144 valence electrons. The molecule has 1 aliphatic heterocycles. The van der Waals surface area contributed by atoms with Crippen LogP contribution in [-0.4, -0.2) is 27.5 Å². The molecule has 9 heteroatoms. The van der Waals surface area contributed by atoms with E-state index in [0.29, 0.717) is 37.8 Å². The first-order chi connectivity index (χ1) is 12.8. The second kappa shape index (κ2) is 8.01. The van der Waals surface area contributed by atoms with E-state index >= 15 is 0 Å². The van der Waals surface area contributed by atoms with Crippen molar-refractivity contribution in [3.8, 4) is 0 Å². The first-order valence-electron chi connectivity index (χ1n) is 8.32. The molecule has 0 bridgehead atoms. The predicted molar refractivity (Wildman–Crippen MR) is 95.8 cm³/mol. The van der Waals surface area contributed by atoms with E-state index in [4.69, 9.17) is 4.74 Å². The molecule has 1 heterocycles. The smallest absolute Gasteiger partial charge is 0.261 e. The minimum absolute atomic E-state index is 0.103. The number of nitrogens with one attached hydrogen (secondary N) is 2. The minimum atomic E-state index is -4.06. The van der Waals surface area contributed by atoms with E-state index in [1.54, 1.807) is 12.1 Å². The molecule has 1 fully saturated rings. The Balaban J connectivity index is 1.66. The third-order valence-electron chi connectivity index (χ3n) is 4.20. The Labute approximate surface area is 155 Å². The lowest BCUT2D eigenvalue weighted by Gasteiger charge is -2.21. The molecule has 2 aromatic rings. The van der Waals surface area contributed by atoms with Crippen LogP contribution in [0.15, 0.2) is 47.4 Å². The van der Waals surface area contributed by atoms with E-state index < -0.39 is 26.6 Å². The summed E-state index contributed by atoms with van der Waals surface area (Å²) in [5, 5.41) is 2.78. The summed E-state index contributed by atoms with van der Waals surface area (Å²) in [6.07, 6.45) is 1.33. The highest BCUT2D eigenvalue weighted by Crippen LogP contribution is 2.21. The highest BCUT2D eigenvalue weighted by molar-refractivity contribution is 7.92. The van der Waals surface area contributed by atoms with Crippen molar-refractivity contribution in [2.45, 2.75) is 17.7 Å². The molecule has 2 aromatic carbocycles. The SMILES string of the molecule is O=C(Nc1ccc(NS(=O)(=O)c2ccc(F)c(F)c2)cc1)C1CCOCC1. The number of sulfonamides is 1. The number of ether oxygens (including phenoxy) is 1. The molecule has 0 saturated carbocycles. The van der Waals surface area contributed by atoms with Gasteiger partial charge in [-0.2, -0.15) is 0 Å². The number of carbonyl (C=O) groups is 1. The minimum Gasteiger partial charge on any atom is -0.381 e. The van der Waals surface area contributed by atoms with Crippen molar-refractivity contribution in [3.05, 3.63) is 54.1 Å². The lowest BCUT2D eigenvalue weighted by atomic mass is 9.99. The molecular weight excluding hydrogens is 378 g/mol. The summed E-state index contributed by atoms with van der Waals surface area (Å²) >= 11 is 0. The van der Waals surface area contributed by atoms with Gasteiger partial charge in [0, 0.05) is 30.5 Å². The standard InChI is InChI=1S/C18H18F2N2O4S/c19-16-6-5-15(11-17(16)20)27(24,25)22-14-3-1-13(2-4-14)21-18(23)12-7-9-26-10-8-12/h1-6,11-12,22H,7-10H2,(H,21,23).